The van der Waals surface area contributed by atoms with Crippen molar-refractivity contribution in [3.8, 4) is 5.75 Å². The molecule has 0 amide bonds. The van der Waals surface area contributed by atoms with Crippen LogP contribution in [0.3, 0.4) is 0 Å². The molecule has 1 heterocycles. The molecule has 1 aromatic rings. The van der Waals surface area contributed by atoms with E-state index < -0.39 is 0 Å². The normalized spacial score (nSPS) is 16.8. The summed E-state index contributed by atoms with van der Waals surface area (Å²) in [5.41, 5.74) is 0. The van der Waals surface area contributed by atoms with Gasteiger partial charge in [0.2, 0.25) is 0 Å². The maximum atomic E-state index is 6.06. The Hall–Kier alpha value is -0.190. The second-order valence-electron chi connectivity index (χ2n) is 4.83. The molecule has 0 saturated carbocycles. The first-order chi connectivity index (χ1) is 9.19. The molecule has 0 aliphatic carbocycles. The van der Waals surface area contributed by atoms with Gasteiger partial charge in [0.1, 0.15) is 12.4 Å². The summed E-state index contributed by atoms with van der Waals surface area (Å²) in [6.07, 6.45) is 2.41. The van der Waals surface area contributed by atoms with Gasteiger partial charge >= 0.3 is 0 Å². The lowest BCUT2D eigenvalue weighted by molar-refractivity contribution is 0.167. The molecule has 0 spiro atoms. The molecule has 2 rings (SSSR count). The highest BCUT2D eigenvalue weighted by molar-refractivity contribution is 6.35. The van der Waals surface area contributed by atoms with Gasteiger partial charge in [-0.3, -0.25) is 4.90 Å². The standard InChI is InChI=1S/C14H20Cl2N2O.ClH/c1-17-12-4-6-18(7-5-12)8-9-19-14-3-2-11(15)10-13(14)16;/h2-3,10,12,17H,4-9H2,1H3;1H. The minimum atomic E-state index is 0. The Kier molecular flexibility index (Phi) is 8.00. The van der Waals surface area contributed by atoms with Crippen LogP contribution in [0.4, 0.5) is 0 Å². The molecule has 3 nitrogen and oxygen atoms in total. The fourth-order valence-corrected chi connectivity index (χ4v) is 2.79. The predicted octanol–water partition coefficient (Wildman–Crippen LogP) is 3.48. The fourth-order valence-electron chi connectivity index (χ4n) is 2.32. The smallest absolute Gasteiger partial charge is 0.138 e. The molecule has 114 valence electrons. The zero-order chi connectivity index (χ0) is 13.7. The molecule has 6 heteroatoms. The molecular weight excluding hydrogens is 319 g/mol. The van der Waals surface area contributed by atoms with E-state index in [0.717, 1.165) is 19.6 Å². The largest absolute Gasteiger partial charge is 0.491 e. The van der Waals surface area contributed by atoms with E-state index in [4.69, 9.17) is 27.9 Å². The van der Waals surface area contributed by atoms with Crippen LogP contribution in [0.25, 0.3) is 0 Å². The molecule has 1 aromatic carbocycles. The van der Waals surface area contributed by atoms with Crippen LogP contribution < -0.4 is 10.1 Å². The van der Waals surface area contributed by atoms with Crippen LogP contribution in [0.5, 0.6) is 5.75 Å². The van der Waals surface area contributed by atoms with E-state index in [-0.39, 0.29) is 12.4 Å². The topological polar surface area (TPSA) is 24.5 Å². The van der Waals surface area contributed by atoms with Crippen LogP contribution in [-0.4, -0.2) is 44.2 Å². The van der Waals surface area contributed by atoms with Crippen LogP contribution in [0.1, 0.15) is 12.8 Å². The SMILES string of the molecule is CNC1CCN(CCOc2ccc(Cl)cc2Cl)CC1.Cl. The van der Waals surface area contributed by atoms with Crippen LogP contribution in [-0.2, 0) is 0 Å². The van der Waals surface area contributed by atoms with Crippen molar-refractivity contribution in [2.75, 3.05) is 33.3 Å². The minimum absolute atomic E-state index is 0. The van der Waals surface area contributed by atoms with Crippen molar-refractivity contribution in [3.63, 3.8) is 0 Å². The van der Waals surface area contributed by atoms with Crippen LogP contribution in [0, 0.1) is 0 Å². The highest BCUT2D eigenvalue weighted by Crippen LogP contribution is 2.27. The third-order valence-corrected chi connectivity index (χ3v) is 4.09. The molecule has 20 heavy (non-hydrogen) atoms. The number of benzene rings is 1. The Bertz CT molecular complexity index is 409. The van der Waals surface area contributed by atoms with E-state index in [0.29, 0.717) is 28.4 Å². The molecule has 1 saturated heterocycles. The molecule has 0 bridgehead atoms. The third kappa shape index (κ3) is 5.30. The summed E-state index contributed by atoms with van der Waals surface area (Å²) < 4.78 is 5.70. The van der Waals surface area contributed by atoms with Gasteiger partial charge in [-0.2, -0.15) is 0 Å². The predicted molar refractivity (Wildman–Crippen MR) is 87.7 cm³/mol. The summed E-state index contributed by atoms with van der Waals surface area (Å²) in [7, 11) is 2.03. The summed E-state index contributed by atoms with van der Waals surface area (Å²) in [6, 6.07) is 5.98. The number of hydrogen-bond acceptors (Lipinski definition) is 3. The molecule has 1 N–H and O–H groups in total. The molecule has 0 aromatic heterocycles. The van der Waals surface area contributed by atoms with Gasteiger partial charge in [-0.15, -0.1) is 12.4 Å². The van der Waals surface area contributed by atoms with E-state index >= 15 is 0 Å². The minimum Gasteiger partial charge on any atom is -0.491 e. The fraction of sp³-hybridized carbons (Fsp3) is 0.571. The maximum Gasteiger partial charge on any atom is 0.138 e. The quantitative estimate of drug-likeness (QED) is 0.889. The third-order valence-electron chi connectivity index (χ3n) is 3.55. The lowest BCUT2D eigenvalue weighted by Gasteiger charge is -2.31. The van der Waals surface area contributed by atoms with Gasteiger partial charge in [-0.25, -0.2) is 0 Å². The van der Waals surface area contributed by atoms with Crippen molar-refractivity contribution in [2.45, 2.75) is 18.9 Å². The van der Waals surface area contributed by atoms with Gasteiger partial charge in [-0.1, -0.05) is 23.2 Å². The molecule has 1 fully saturated rings. The number of hydrogen-bond donors (Lipinski definition) is 1. The Labute approximate surface area is 137 Å². The average molecular weight is 340 g/mol. The first kappa shape index (κ1) is 17.9. The number of ether oxygens (including phenoxy) is 1. The Morgan fingerprint density at radius 2 is 2.00 bits per heavy atom. The number of rotatable bonds is 5. The van der Waals surface area contributed by atoms with Gasteiger partial charge in [-0.05, 0) is 51.2 Å². The van der Waals surface area contributed by atoms with Gasteiger partial charge in [0.05, 0.1) is 5.02 Å². The Morgan fingerprint density at radius 3 is 2.60 bits per heavy atom. The zero-order valence-electron chi connectivity index (χ0n) is 11.6. The lowest BCUT2D eigenvalue weighted by atomic mass is 10.1. The summed E-state index contributed by atoms with van der Waals surface area (Å²) >= 11 is 11.9. The molecular formula is C14H21Cl3N2O. The van der Waals surface area contributed by atoms with Crippen molar-refractivity contribution in [3.05, 3.63) is 28.2 Å². The summed E-state index contributed by atoms with van der Waals surface area (Å²) in [5.74, 6) is 0.705. The van der Waals surface area contributed by atoms with Crippen molar-refractivity contribution in [1.29, 1.82) is 0 Å². The van der Waals surface area contributed by atoms with E-state index in [9.17, 15) is 0 Å². The second kappa shape index (κ2) is 8.96. The number of likely N-dealkylation sites (tertiary alicyclic amines) is 1. The zero-order valence-corrected chi connectivity index (χ0v) is 13.9. The van der Waals surface area contributed by atoms with E-state index in [1.807, 2.05) is 13.1 Å². The van der Waals surface area contributed by atoms with Gasteiger partial charge < -0.3 is 10.1 Å². The highest BCUT2D eigenvalue weighted by atomic mass is 35.5. The number of halogens is 3. The van der Waals surface area contributed by atoms with E-state index in [1.165, 1.54) is 12.8 Å². The monoisotopic (exact) mass is 338 g/mol. The Morgan fingerprint density at radius 1 is 1.30 bits per heavy atom. The lowest BCUT2D eigenvalue weighted by Crippen LogP contribution is -2.42. The maximum absolute atomic E-state index is 6.06. The first-order valence-corrected chi connectivity index (χ1v) is 7.42. The summed E-state index contributed by atoms with van der Waals surface area (Å²) in [6.45, 7) is 3.85. The van der Waals surface area contributed by atoms with Crippen LogP contribution in [0.2, 0.25) is 10.0 Å². The van der Waals surface area contributed by atoms with Crippen molar-refractivity contribution in [2.24, 2.45) is 0 Å². The molecule has 0 unspecified atom stereocenters. The molecule has 0 radical (unpaired) electrons. The van der Waals surface area contributed by atoms with Crippen molar-refractivity contribution < 1.29 is 4.74 Å². The number of nitrogens with one attached hydrogen (secondary N) is 1. The second-order valence-corrected chi connectivity index (χ2v) is 5.67. The van der Waals surface area contributed by atoms with Crippen molar-refractivity contribution >= 4 is 35.6 Å². The van der Waals surface area contributed by atoms with E-state index in [2.05, 4.69) is 10.2 Å². The van der Waals surface area contributed by atoms with Gasteiger partial charge in [0.15, 0.2) is 0 Å². The highest BCUT2D eigenvalue weighted by Gasteiger charge is 2.17. The van der Waals surface area contributed by atoms with Crippen LogP contribution in [0.15, 0.2) is 18.2 Å². The number of nitrogens with zero attached hydrogens (tertiary/aromatic N) is 1. The average Bonchev–Trinajstić information content (AvgIpc) is 2.42. The van der Waals surface area contributed by atoms with Crippen LogP contribution >= 0.6 is 35.6 Å². The van der Waals surface area contributed by atoms with E-state index in [1.54, 1.807) is 12.1 Å². The van der Waals surface area contributed by atoms with Gasteiger partial charge in [0, 0.05) is 17.6 Å². The number of piperidine rings is 1. The van der Waals surface area contributed by atoms with Gasteiger partial charge in [0.25, 0.3) is 0 Å². The molecule has 0 atom stereocenters. The first-order valence-electron chi connectivity index (χ1n) is 6.66. The molecule has 1 aliphatic heterocycles. The molecule has 1 aliphatic rings. The Balaban J connectivity index is 0.00000200. The summed E-state index contributed by atoms with van der Waals surface area (Å²) in [4.78, 5) is 2.43. The van der Waals surface area contributed by atoms with Crippen molar-refractivity contribution in [1.82, 2.24) is 10.2 Å². The summed E-state index contributed by atoms with van der Waals surface area (Å²) in [5, 5.41) is 4.53.